The summed E-state index contributed by atoms with van der Waals surface area (Å²) < 4.78 is 0. The molecule has 1 saturated carbocycles. The van der Waals surface area contributed by atoms with Crippen molar-refractivity contribution in [1.29, 1.82) is 0 Å². The highest BCUT2D eigenvalue weighted by atomic mass is 35.5. The van der Waals surface area contributed by atoms with Gasteiger partial charge in [0.2, 0.25) is 0 Å². The number of aliphatic imine (C=N–C) groups is 1. The third-order valence-corrected chi connectivity index (χ3v) is 5.44. The van der Waals surface area contributed by atoms with Gasteiger partial charge in [0, 0.05) is 10.3 Å². The van der Waals surface area contributed by atoms with Crippen molar-refractivity contribution >= 4 is 40.7 Å². The Morgan fingerprint density at radius 2 is 2.11 bits per heavy atom. The van der Waals surface area contributed by atoms with Crippen LogP contribution in [0.4, 0.5) is 0 Å². The van der Waals surface area contributed by atoms with E-state index >= 15 is 0 Å². The van der Waals surface area contributed by atoms with Gasteiger partial charge in [0.1, 0.15) is 0 Å². The maximum absolute atomic E-state index is 6.60. The summed E-state index contributed by atoms with van der Waals surface area (Å²) in [4.78, 5) is 5.39. The second-order valence-electron chi connectivity index (χ2n) is 5.07. The molecule has 19 heavy (non-hydrogen) atoms. The molecular formula is C15H18ClNS2. The molecule has 0 radical (unpaired) electrons. The molecule has 0 unspecified atom stereocenters. The van der Waals surface area contributed by atoms with Gasteiger partial charge in [-0.2, -0.15) is 0 Å². The molecule has 1 fully saturated rings. The van der Waals surface area contributed by atoms with Crippen molar-refractivity contribution < 1.29 is 0 Å². The molecule has 1 nitrogen and oxygen atoms in total. The van der Waals surface area contributed by atoms with Gasteiger partial charge in [-0.3, -0.25) is 0 Å². The van der Waals surface area contributed by atoms with Crippen LogP contribution in [-0.2, 0) is 5.41 Å². The van der Waals surface area contributed by atoms with E-state index in [4.69, 9.17) is 23.8 Å². The van der Waals surface area contributed by atoms with Crippen molar-refractivity contribution in [3.63, 3.8) is 0 Å². The van der Waals surface area contributed by atoms with Crippen molar-refractivity contribution in [2.45, 2.75) is 42.4 Å². The molecule has 1 aliphatic rings. The zero-order valence-electron chi connectivity index (χ0n) is 11.1. The van der Waals surface area contributed by atoms with Gasteiger partial charge >= 0.3 is 0 Å². The molecule has 0 atom stereocenters. The van der Waals surface area contributed by atoms with Crippen LogP contribution < -0.4 is 0 Å². The number of halogens is 1. The van der Waals surface area contributed by atoms with Crippen molar-refractivity contribution in [2.75, 3.05) is 12.8 Å². The van der Waals surface area contributed by atoms with E-state index in [9.17, 15) is 0 Å². The highest BCUT2D eigenvalue weighted by Gasteiger charge is 2.35. The summed E-state index contributed by atoms with van der Waals surface area (Å²) in [5, 5.41) is 3.42. The minimum absolute atomic E-state index is 0.0624. The third kappa shape index (κ3) is 3.22. The third-order valence-electron chi connectivity index (χ3n) is 4.01. The van der Waals surface area contributed by atoms with Crippen LogP contribution in [0.1, 0.15) is 37.7 Å². The van der Waals surface area contributed by atoms with Crippen molar-refractivity contribution in [3.05, 3.63) is 28.8 Å². The van der Waals surface area contributed by atoms with E-state index in [1.165, 1.54) is 24.8 Å². The minimum atomic E-state index is 0.0624. The number of thiocarbonyl (C=S) groups is 1. The number of isothiocyanates is 1. The second-order valence-corrected chi connectivity index (χ2v) is 6.48. The van der Waals surface area contributed by atoms with Crippen molar-refractivity contribution in [1.82, 2.24) is 0 Å². The average molecular weight is 312 g/mol. The Morgan fingerprint density at radius 3 is 2.74 bits per heavy atom. The number of hydrogen-bond donors (Lipinski definition) is 0. The largest absolute Gasteiger partial charge is 0.232 e. The Kier molecular flexibility index (Phi) is 5.47. The number of nitrogens with zero attached hydrogens (tertiary/aromatic N) is 1. The first-order valence-electron chi connectivity index (χ1n) is 6.60. The molecule has 102 valence electrons. The molecule has 0 aliphatic heterocycles. The maximum Gasteiger partial charge on any atom is 0.0590 e. The molecule has 0 heterocycles. The first kappa shape index (κ1) is 15.1. The molecule has 1 aromatic carbocycles. The first-order valence-corrected chi connectivity index (χ1v) is 8.61. The Bertz CT molecular complexity index is 489. The summed E-state index contributed by atoms with van der Waals surface area (Å²) in [5.41, 5.74) is 1.31. The van der Waals surface area contributed by atoms with Crippen LogP contribution in [-0.4, -0.2) is 18.0 Å². The lowest BCUT2D eigenvalue weighted by atomic mass is 9.69. The molecular weight excluding hydrogens is 294 g/mol. The normalized spacial score (nSPS) is 17.8. The highest BCUT2D eigenvalue weighted by molar-refractivity contribution is 7.98. The van der Waals surface area contributed by atoms with Crippen LogP contribution >= 0.6 is 35.6 Å². The minimum Gasteiger partial charge on any atom is -0.232 e. The van der Waals surface area contributed by atoms with Crippen LogP contribution in [0, 0.1) is 0 Å². The average Bonchev–Trinajstić information content (AvgIpc) is 2.46. The van der Waals surface area contributed by atoms with Crippen LogP contribution in [0.5, 0.6) is 0 Å². The number of thioether (sulfide) groups is 1. The Balaban J connectivity index is 2.45. The lowest BCUT2D eigenvalue weighted by molar-refractivity contribution is 0.302. The molecule has 0 amide bonds. The summed E-state index contributed by atoms with van der Waals surface area (Å²) in [6.07, 6.45) is 8.15. The topological polar surface area (TPSA) is 12.4 Å². The van der Waals surface area contributed by atoms with Gasteiger partial charge in [-0.05, 0) is 42.9 Å². The zero-order chi connectivity index (χ0) is 13.7. The molecule has 0 bridgehead atoms. The smallest absolute Gasteiger partial charge is 0.0590 e. The van der Waals surface area contributed by atoms with E-state index in [-0.39, 0.29) is 5.41 Å². The highest BCUT2D eigenvalue weighted by Crippen LogP contribution is 2.44. The molecule has 4 heteroatoms. The Labute approximate surface area is 129 Å². The predicted octanol–water partition coefficient (Wildman–Crippen LogP) is 5.37. The summed E-state index contributed by atoms with van der Waals surface area (Å²) in [5.74, 6) is 0. The van der Waals surface area contributed by atoms with Gasteiger partial charge in [-0.1, -0.05) is 43.0 Å². The fourth-order valence-corrected chi connectivity index (χ4v) is 4.13. The second kappa shape index (κ2) is 6.90. The van der Waals surface area contributed by atoms with Crippen LogP contribution in [0.2, 0.25) is 5.02 Å². The van der Waals surface area contributed by atoms with E-state index in [0.29, 0.717) is 6.54 Å². The van der Waals surface area contributed by atoms with E-state index in [1.807, 2.05) is 0 Å². The SMILES string of the molecule is CSc1cccc(C2(CN=C=S)CCCCC2)c1Cl. The Hall–Kier alpha value is -0.340. The number of hydrogen-bond acceptors (Lipinski definition) is 3. The molecule has 1 aromatic rings. The fourth-order valence-electron chi connectivity index (χ4n) is 3.00. The van der Waals surface area contributed by atoms with Crippen LogP contribution in [0.25, 0.3) is 0 Å². The summed E-state index contributed by atoms with van der Waals surface area (Å²) in [6.45, 7) is 0.716. The summed E-state index contributed by atoms with van der Waals surface area (Å²) >= 11 is 13.0. The lowest BCUT2D eigenvalue weighted by Crippen LogP contribution is -2.32. The Morgan fingerprint density at radius 1 is 1.37 bits per heavy atom. The van der Waals surface area contributed by atoms with Gasteiger partial charge in [-0.25, -0.2) is 4.99 Å². The van der Waals surface area contributed by atoms with Crippen LogP contribution in [0.15, 0.2) is 28.1 Å². The fraction of sp³-hybridized carbons (Fsp3) is 0.533. The summed E-state index contributed by atoms with van der Waals surface area (Å²) in [6, 6.07) is 6.34. The molecule has 2 rings (SSSR count). The standard InChI is InChI=1S/C15H18ClNS2/c1-19-13-7-5-6-12(14(13)16)15(10-17-11-18)8-3-2-4-9-15/h5-7H,2-4,8-10H2,1H3. The van der Waals surface area contributed by atoms with Gasteiger partial charge in [0.05, 0.1) is 16.7 Å². The van der Waals surface area contributed by atoms with Gasteiger partial charge in [-0.15, -0.1) is 11.8 Å². The van der Waals surface area contributed by atoms with Crippen molar-refractivity contribution in [3.8, 4) is 0 Å². The molecule has 0 aromatic heterocycles. The van der Waals surface area contributed by atoms with E-state index in [1.54, 1.807) is 11.8 Å². The van der Waals surface area contributed by atoms with Gasteiger partial charge in [0.15, 0.2) is 0 Å². The number of benzene rings is 1. The monoisotopic (exact) mass is 311 g/mol. The van der Waals surface area contributed by atoms with Gasteiger partial charge in [0.25, 0.3) is 0 Å². The van der Waals surface area contributed by atoms with Gasteiger partial charge < -0.3 is 0 Å². The van der Waals surface area contributed by atoms with Crippen LogP contribution in [0.3, 0.4) is 0 Å². The van der Waals surface area contributed by atoms with E-state index in [2.05, 4.69) is 34.6 Å². The summed E-state index contributed by atoms with van der Waals surface area (Å²) in [7, 11) is 0. The molecule has 0 N–H and O–H groups in total. The predicted molar refractivity (Wildman–Crippen MR) is 87.9 cm³/mol. The first-order chi connectivity index (χ1) is 9.23. The lowest BCUT2D eigenvalue weighted by Gasteiger charge is -2.37. The van der Waals surface area contributed by atoms with Crippen molar-refractivity contribution in [2.24, 2.45) is 4.99 Å². The zero-order valence-corrected chi connectivity index (χ0v) is 13.5. The van der Waals surface area contributed by atoms with E-state index in [0.717, 1.165) is 22.8 Å². The van der Waals surface area contributed by atoms with E-state index < -0.39 is 0 Å². The molecule has 0 spiro atoms. The molecule has 0 saturated heterocycles. The molecule has 1 aliphatic carbocycles. The maximum atomic E-state index is 6.60. The number of rotatable bonds is 4. The quantitative estimate of drug-likeness (QED) is 0.421.